The minimum absolute atomic E-state index is 0.0803. The maximum Gasteiger partial charge on any atom is 0.335 e. The van der Waals surface area contributed by atoms with Crippen LogP contribution in [0.2, 0.25) is 0 Å². The van der Waals surface area contributed by atoms with Gasteiger partial charge in [0.15, 0.2) is 0 Å². The van der Waals surface area contributed by atoms with Gasteiger partial charge >= 0.3 is 11.9 Å². The molecule has 2 aromatic rings. The predicted octanol–water partition coefficient (Wildman–Crippen LogP) is 4.14. The van der Waals surface area contributed by atoms with Gasteiger partial charge < -0.3 is 29.2 Å². The highest BCUT2D eigenvalue weighted by molar-refractivity contribution is 5.88. The predicted molar refractivity (Wildman–Crippen MR) is 144 cm³/mol. The number of aliphatic hydroxyl groups is 2. The molecule has 0 unspecified atom stereocenters. The molecule has 8 heteroatoms. The summed E-state index contributed by atoms with van der Waals surface area (Å²) in [5, 5.41) is 18.1. The monoisotopic (exact) mass is 526 g/mol. The van der Waals surface area contributed by atoms with Crippen LogP contribution in [-0.2, 0) is 25.5 Å². The van der Waals surface area contributed by atoms with E-state index in [1.54, 1.807) is 24.3 Å². The van der Waals surface area contributed by atoms with E-state index in [4.69, 9.17) is 29.2 Å². The lowest BCUT2D eigenvalue weighted by Gasteiger charge is -2.18. The number of aliphatic hydroxyl groups excluding tert-OH is 2. The van der Waals surface area contributed by atoms with Gasteiger partial charge in [0.05, 0.1) is 30.3 Å². The molecule has 0 aliphatic heterocycles. The van der Waals surface area contributed by atoms with Gasteiger partial charge in [0.25, 0.3) is 0 Å². The number of unbranched alkanes of at least 4 members (excludes halogenated alkanes) is 2. The second-order valence-corrected chi connectivity index (χ2v) is 8.78. The lowest BCUT2D eigenvalue weighted by Crippen LogP contribution is -2.21. The van der Waals surface area contributed by atoms with E-state index < -0.39 is 31.1 Å². The third-order valence-electron chi connectivity index (χ3n) is 5.75. The molecule has 0 spiro atoms. The number of rotatable bonds is 18. The average Bonchev–Trinajstić information content (AvgIpc) is 2.95. The third kappa shape index (κ3) is 10.8. The van der Waals surface area contributed by atoms with Crippen molar-refractivity contribution in [1.82, 2.24) is 0 Å². The lowest BCUT2D eigenvalue weighted by molar-refractivity contribution is -0.142. The highest BCUT2D eigenvalue weighted by Crippen LogP contribution is 2.22. The van der Waals surface area contributed by atoms with Gasteiger partial charge in [-0.2, -0.15) is 0 Å². The maximum atomic E-state index is 11.9. The molecule has 8 nitrogen and oxygen atoms in total. The highest BCUT2D eigenvalue weighted by Gasteiger charge is 2.19. The molecular formula is C30H38O8. The van der Waals surface area contributed by atoms with Crippen molar-refractivity contribution in [3.63, 3.8) is 0 Å². The number of ether oxygens (including phenoxy) is 4. The van der Waals surface area contributed by atoms with Gasteiger partial charge in [-0.05, 0) is 48.2 Å². The summed E-state index contributed by atoms with van der Waals surface area (Å²) in [6, 6.07) is 15.2. The first-order valence-corrected chi connectivity index (χ1v) is 12.7. The Bertz CT molecular complexity index is 995. The molecular weight excluding hydrogens is 488 g/mol. The smallest absolute Gasteiger partial charge is 0.335 e. The Morgan fingerprint density at radius 1 is 0.763 bits per heavy atom. The molecule has 0 atom stereocenters. The van der Waals surface area contributed by atoms with Crippen molar-refractivity contribution in [3.8, 4) is 11.5 Å². The zero-order valence-corrected chi connectivity index (χ0v) is 22.0. The molecule has 2 rings (SSSR count). The first-order chi connectivity index (χ1) is 18.4. The molecule has 38 heavy (non-hydrogen) atoms. The van der Waals surface area contributed by atoms with Gasteiger partial charge in [-0.3, -0.25) is 0 Å². The zero-order valence-electron chi connectivity index (χ0n) is 22.0. The molecule has 0 aliphatic carbocycles. The van der Waals surface area contributed by atoms with E-state index >= 15 is 0 Å². The van der Waals surface area contributed by atoms with E-state index in [0.717, 1.165) is 17.7 Å². The summed E-state index contributed by atoms with van der Waals surface area (Å²) in [6.07, 6.45) is 4.72. The van der Waals surface area contributed by atoms with Crippen LogP contribution in [0.15, 0.2) is 72.8 Å². The number of hydrogen-bond donors (Lipinski definition) is 2. The Labute approximate surface area is 224 Å². The first-order valence-electron chi connectivity index (χ1n) is 12.7. The van der Waals surface area contributed by atoms with E-state index in [1.165, 1.54) is 24.8 Å². The van der Waals surface area contributed by atoms with Crippen LogP contribution in [0.5, 0.6) is 11.5 Å². The Morgan fingerprint density at radius 3 is 1.68 bits per heavy atom. The second kappa shape index (κ2) is 17.0. The number of hydrogen-bond acceptors (Lipinski definition) is 8. The largest absolute Gasteiger partial charge is 0.490 e. The van der Waals surface area contributed by atoms with Crippen molar-refractivity contribution in [1.29, 1.82) is 0 Å². The highest BCUT2D eigenvalue weighted by atomic mass is 16.5. The molecule has 2 aromatic carbocycles. The van der Waals surface area contributed by atoms with Crippen molar-refractivity contribution in [2.24, 2.45) is 0 Å². The molecule has 0 heterocycles. The summed E-state index contributed by atoms with van der Waals surface area (Å²) in [6.45, 7) is 8.55. The van der Waals surface area contributed by atoms with Crippen molar-refractivity contribution in [2.75, 3.05) is 39.6 Å². The summed E-state index contributed by atoms with van der Waals surface area (Å²) in [4.78, 5) is 23.8. The average molecular weight is 527 g/mol. The fraction of sp³-hybridized carbons (Fsp3) is 0.400. The Kier molecular flexibility index (Phi) is 13.7. The standard InChI is InChI=1S/C30H38O8/c1-4-5-6-7-24-8-12-27(13-9-24)35-16-17-36-28-14-10-25(11-15-28)26(20-37-29(33)22(2)18-31)21-38-30(34)23(3)19-32/h8-15,26,31-32H,2-7,16-21H2,1H3. The van der Waals surface area contributed by atoms with E-state index in [2.05, 4.69) is 32.2 Å². The summed E-state index contributed by atoms with van der Waals surface area (Å²) < 4.78 is 21.9. The molecule has 0 amide bonds. The fourth-order valence-corrected chi connectivity index (χ4v) is 3.41. The second-order valence-electron chi connectivity index (χ2n) is 8.78. The topological polar surface area (TPSA) is 112 Å². The van der Waals surface area contributed by atoms with Crippen LogP contribution in [0.1, 0.15) is 43.2 Å². The van der Waals surface area contributed by atoms with Crippen LogP contribution in [0.3, 0.4) is 0 Å². The number of carbonyl (C=O) groups excluding carboxylic acids is 2. The summed E-state index contributed by atoms with van der Waals surface area (Å²) in [5.41, 5.74) is 1.88. The molecule has 0 fully saturated rings. The van der Waals surface area contributed by atoms with E-state index in [-0.39, 0.29) is 24.4 Å². The van der Waals surface area contributed by atoms with E-state index in [1.807, 2.05) is 12.1 Å². The third-order valence-corrected chi connectivity index (χ3v) is 5.75. The molecule has 0 radical (unpaired) electrons. The van der Waals surface area contributed by atoms with Gasteiger partial charge in [-0.1, -0.05) is 57.2 Å². The quantitative estimate of drug-likeness (QED) is 0.169. The van der Waals surface area contributed by atoms with Gasteiger partial charge in [-0.25, -0.2) is 9.59 Å². The maximum absolute atomic E-state index is 11.9. The Balaban J connectivity index is 1.87. The minimum Gasteiger partial charge on any atom is -0.490 e. The van der Waals surface area contributed by atoms with Crippen LogP contribution >= 0.6 is 0 Å². The van der Waals surface area contributed by atoms with Crippen LogP contribution in [0.25, 0.3) is 0 Å². The van der Waals surface area contributed by atoms with Crippen LogP contribution in [-0.4, -0.2) is 61.8 Å². The van der Waals surface area contributed by atoms with Gasteiger partial charge in [-0.15, -0.1) is 0 Å². The number of esters is 2. The van der Waals surface area contributed by atoms with Crippen molar-refractivity contribution < 1.29 is 38.7 Å². The molecule has 0 aromatic heterocycles. The molecule has 0 aliphatic rings. The van der Waals surface area contributed by atoms with Gasteiger partial charge in [0.2, 0.25) is 0 Å². The van der Waals surface area contributed by atoms with Gasteiger partial charge in [0, 0.05) is 0 Å². The number of benzene rings is 2. The Hall–Kier alpha value is -3.62. The van der Waals surface area contributed by atoms with Crippen LogP contribution in [0, 0.1) is 0 Å². The molecule has 0 saturated carbocycles. The van der Waals surface area contributed by atoms with Gasteiger partial charge in [0.1, 0.15) is 37.9 Å². The van der Waals surface area contributed by atoms with Crippen molar-refractivity contribution in [3.05, 3.63) is 84.0 Å². The van der Waals surface area contributed by atoms with Crippen molar-refractivity contribution in [2.45, 2.75) is 38.5 Å². The number of carbonyl (C=O) groups is 2. The minimum atomic E-state index is -0.741. The van der Waals surface area contributed by atoms with E-state index in [0.29, 0.717) is 19.0 Å². The number of aryl methyl sites for hydroxylation is 1. The van der Waals surface area contributed by atoms with Crippen LogP contribution in [0.4, 0.5) is 0 Å². The first kappa shape index (κ1) is 30.6. The Morgan fingerprint density at radius 2 is 1.24 bits per heavy atom. The fourth-order valence-electron chi connectivity index (χ4n) is 3.41. The molecule has 206 valence electrons. The van der Waals surface area contributed by atoms with Crippen molar-refractivity contribution >= 4 is 11.9 Å². The molecule has 2 N–H and O–H groups in total. The summed E-state index contributed by atoms with van der Waals surface area (Å²) >= 11 is 0. The van der Waals surface area contributed by atoms with Crippen LogP contribution < -0.4 is 9.47 Å². The summed E-state index contributed by atoms with van der Waals surface area (Å²) in [7, 11) is 0. The molecule has 0 bridgehead atoms. The lowest BCUT2D eigenvalue weighted by atomic mass is 10.0. The SMILES string of the molecule is C=C(CO)C(=O)OCC(COC(=O)C(=C)CO)c1ccc(OCCOc2ccc(CCCCC)cc2)cc1. The molecule has 0 saturated heterocycles. The van der Waals surface area contributed by atoms with E-state index in [9.17, 15) is 9.59 Å². The zero-order chi connectivity index (χ0) is 27.8. The normalized spacial score (nSPS) is 10.6. The summed E-state index contributed by atoms with van der Waals surface area (Å²) in [5.74, 6) is -0.561.